The van der Waals surface area contributed by atoms with Gasteiger partial charge in [0, 0.05) is 21.9 Å². The predicted octanol–water partition coefficient (Wildman–Crippen LogP) is 11.1. The molecule has 2 heterocycles. The Bertz CT molecular complexity index is 2140. The van der Waals surface area contributed by atoms with Crippen molar-refractivity contribution in [2.24, 2.45) is 0 Å². The van der Waals surface area contributed by atoms with E-state index in [0.717, 1.165) is 33.5 Å². The molecule has 0 aliphatic carbocycles. The fourth-order valence-electron chi connectivity index (χ4n) is 7.01. The van der Waals surface area contributed by atoms with Crippen molar-refractivity contribution in [2.75, 3.05) is 4.90 Å². The predicted molar refractivity (Wildman–Crippen MR) is 179 cm³/mol. The van der Waals surface area contributed by atoms with Crippen molar-refractivity contribution in [3.63, 3.8) is 0 Å². The molecule has 0 unspecified atom stereocenters. The van der Waals surface area contributed by atoms with Crippen molar-refractivity contribution >= 4 is 44.6 Å². The van der Waals surface area contributed by atoms with Gasteiger partial charge in [-0.2, -0.15) is 0 Å². The van der Waals surface area contributed by atoms with E-state index in [1.165, 1.54) is 33.3 Å². The van der Waals surface area contributed by atoms with Crippen LogP contribution in [0.3, 0.4) is 0 Å². The molecular weight excluding hydrogens is 522 g/mol. The van der Waals surface area contributed by atoms with Crippen molar-refractivity contribution in [1.29, 1.82) is 0 Å². The first kappa shape index (κ1) is 25.1. The summed E-state index contributed by atoms with van der Waals surface area (Å²) in [5.74, 6) is 0. The third kappa shape index (κ3) is 3.67. The number of rotatable bonds is 3. The van der Waals surface area contributed by atoms with Gasteiger partial charge in [0.15, 0.2) is 0 Å². The molecule has 43 heavy (non-hydrogen) atoms. The minimum absolute atomic E-state index is 0.116. The van der Waals surface area contributed by atoms with E-state index in [-0.39, 0.29) is 5.41 Å². The first-order valence-electron chi connectivity index (χ1n) is 14.7. The third-order valence-corrected chi connectivity index (χ3v) is 8.99. The Morgan fingerprint density at radius 2 is 1.14 bits per heavy atom. The van der Waals surface area contributed by atoms with Crippen LogP contribution >= 0.6 is 0 Å². The molecule has 1 aliphatic rings. The van der Waals surface area contributed by atoms with E-state index >= 15 is 0 Å². The Hall–Kier alpha value is -5.59. The minimum atomic E-state index is -0.116. The topological polar surface area (TPSA) is 12.5 Å². The molecule has 0 spiro atoms. The first-order valence-corrected chi connectivity index (χ1v) is 14.7. The fourth-order valence-corrected chi connectivity index (χ4v) is 7.01. The molecule has 6 aromatic carbocycles. The highest BCUT2D eigenvalue weighted by Crippen LogP contribution is 2.52. The van der Waals surface area contributed by atoms with E-state index in [1.54, 1.807) is 0 Å². The summed E-state index contributed by atoms with van der Waals surface area (Å²) < 4.78 is 2.27. The summed E-state index contributed by atoms with van der Waals surface area (Å²) >= 11 is 0. The van der Waals surface area contributed by atoms with Crippen LogP contribution in [0.1, 0.15) is 25.0 Å². The zero-order chi connectivity index (χ0) is 29.1. The SMILES string of the molecule is [C-]#[N+]c1cccc(-c2cccc(N3c4ccccc4C(C)(C)c4ccccc43)c2)c1-n1c2ccccc2c2ccccc21. The standard InChI is InChI=1S/C40H29N3/c1-40(2)32-19-6-10-24-37(32)42(38-25-11-7-20-33(38)40)28-15-12-14-27(26-28)29-18-13-21-34(41-3)39(29)43-35-22-8-4-16-30(35)31-17-5-9-23-36(31)43/h4-26H,1-2H3. The van der Waals surface area contributed by atoms with Gasteiger partial charge in [0.1, 0.15) is 0 Å². The smallest absolute Gasteiger partial charge is 0.211 e. The largest absolute Gasteiger partial charge is 0.318 e. The van der Waals surface area contributed by atoms with Crippen LogP contribution in [0.2, 0.25) is 0 Å². The third-order valence-electron chi connectivity index (χ3n) is 8.99. The molecule has 8 rings (SSSR count). The van der Waals surface area contributed by atoms with Crippen molar-refractivity contribution < 1.29 is 0 Å². The molecule has 7 aromatic rings. The number of hydrogen-bond donors (Lipinski definition) is 0. The zero-order valence-corrected chi connectivity index (χ0v) is 24.1. The Labute approximate surface area is 251 Å². The van der Waals surface area contributed by atoms with E-state index in [2.05, 4.69) is 156 Å². The summed E-state index contributed by atoms with van der Waals surface area (Å²) in [6, 6.07) is 49.3. The molecule has 1 aliphatic heterocycles. The highest BCUT2D eigenvalue weighted by atomic mass is 15.2. The lowest BCUT2D eigenvalue weighted by Crippen LogP contribution is -2.30. The maximum atomic E-state index is 8.17. The molecule has 0 amide bonds. The van der Waals surface area contributed by atoms with Gasteiger partial charge < -0.3 is 9.47 Å². The van der Waals surface area contributed by atoms with Gasteiger partial charge in [0.25, 0.3) is 0 Å². The summed E-state index contributed by atoms with van der Waals surface area (Å²) in [5.41, 5.74) is 11.8. The lowest BCUT2D eigenvalue weighted by atomic mass is 9.73. The van der Waals surface area contributed by atoms with Crippen molar-refractivity contribution in [2.45, 2.75) is 19.3 Å². The van der Waals surface area contributed by atoms with Crippen molar-refractivity contribution in [3.8, 4) is 16.8 Å². The van der Waals surface area contributed by atoms with E-state index in [0.29, 0.717) is 5.69 Å². The van der Waals surface area contributed by atoms with Crippen LogP contribution in [0, 0.1) is 6.57 Å². The van der Waals surface area contributed by atoms with E-state index in [9.17, 15) is 0 Å². The van der Waals surface area contributed by atoms with Gasteiger partial charge in [-0.1, -0.05) is 117 Å². The highest BCUT2D eigenvalue weighted by Gasteiger charge is 2.36. The molecule has 1 aromatic heterocycles. The highest BCUT2D eigenvalue weighted by molar-refractivity contribution is 6.10. The van der Waals surface area contributed by atoms with Gasteiger partial charge in [0.2, 0.25) is 5.69 Å². The van der Waals surface area contributed by atoms with Gasteiger partial charge in [-0.15, -0.1) is 0 Å². The van der Waals surface area contributed by atoms with E-state index in [4.69, 9.17) is 6.57 Å². The Morgan fingerprint density at radius 3 is 1.77 bits per heavy atom. The number of para-hydroxylation sites is 5. The quantitative estimate of drug-likeness (QED) is 0.199. The van der Waals surface area contributed by atoms with Crippen LogP contribution in [-0.2, 0) is 5.41 Å². The number of nitrogens with zero attached hydrogens (tertiary/aromatic N) is 3. The summed E-state index contributed by atoms with van der Waals surface area (Å²) in [6.45, 7) is 12.8. The monoisotopic (exact) mass is 551 g/mol. The first-order chi connectivity index (χ1) is 21.1. The van der Waals surface area contributed by atoms with Crippen LogP contribution in [0.4, 0.5) is 22.7 Å². The molecule has 3 heteroatoms. The molecule has 204 valence electrons. The fraction of sp³-hybridized carbons (Fsp3) is 0.0750. The van der Waals surface area contributed by atoms with Crippen molar-refractivity contribution in [1.82, 2.24) is 4.57 Å². The molecule has 0 saturated carbocycles. The summed E-state index contributed by atoms with van der Waals surface area (Å²) in [4.78, 5) is 6.42. The molecule has 0 N–H and O–H groups in total. The van der Waals surface area contributed by atoms with Crippen LogP contribution < -0.4 is 4.90 Å². The molecule has 0 saturated heterocycles. The lowest BCUT2D eigenvalue weighted by molar-refractivity contribution is 0.632. The molecule has 0 bridgehead atoms. The second kappa shape index (κ2) is 9.48. The normalized spacial score (nSPS) is 13.5. The van der Waals surface area contributed by atoms with Crippen LogP contribution in [0.5, 0.6) is 0 Å². The summed E-state index contributed by atoms with van der Waals surface area (Å²) in [5, 5.41) is 2.36. The minimum Gasteiger partial charge on any atom is -0.318 e. The van der Waals surface area contributed by atoms with Crippen LogP contribution in [0.15, 0.2) is 140 Å². The van der Waals surface area contributed by atoms with Crippen LogP contribution in [-0.4, -0.2) is 4.57 Å². The summed E-state index contributed by atoms with van der Waals surface area (Å²) in [7, 11) is 0. The second-order valence-electron chi connectivity index (χ2n) is 11.7. The van der Waals surface area contributed by atoms with Gasteiger partial charge >= 0.3 is 0 Å². The van der Waals surface area contributed by atoms with Gasteiger partial charge in [-0.25, -0.2) is 4.85 Å². The molecule has 3 nitrogen and oxygen atoms in total. The molecule has 0 atom stereocenters. The van der Waals surface area contributed by atoms with Gasteiger partial charge in [-0.05, 0) is 58.7 Å². The van der Waals surface area contributed by atoms with E-state index < -0.39 is 0 Å². The molecule has 0 fully saturated rings. The van der Waals surface area contributed by atoms with Gasteiger partial charge in [-0.3, -0.25) is 0 Å². The number of aromatic nitrogens is 1. The lowest BCUT2D eigenvalue weighted by Gasteiger charge is -2.42. The maximum absolute atomic E-state index is 8.17. The zero-order valence-electron chi connectivity index (χ0n) is 24.1. The average molecular weight is 552 g/mol. The van der Waals surface area contributed by atoms with E-state index in [1.807, 2.05) is 12.1 Å². The molecule has 0 radical (unpaired) electrons. The number of hydrogen-bond acceptors (Lipinski definition) is 1. The van der Waals surface area contributed by atoms with Crippen LogP contribution in [0.25, 0.3) is 43.5 Å². The summed E-state index contributed by atoms with van der Waals surface area (Å²) in [6.07, 6.45) is 0. The number of fused-ring (bicyclic) bond motifs is 5. The Balaban J connectivity index is 1.38. The second-order valence-corrected chi connectivity index (χ2v) is 11.7. The number of benzene rings is 6. The van der Waals surface area contributed by atoms with Crippen molar-refractivity contribution in [3.05, 3.63) is 162 Å². The maximum Gasteiger partial charge on any atom is 0.211 e. The Kier molecular flexibility index (Phi) is 5.54. The van der Waals surface area contributed by atoms with Gasteiger partial charge in [0.05, 0.1) is 34.7 Å². The average Bonchev–Trinajstić information content (AvgIpc) is 3.39. The molecular formula is C40H29N3. The Morgan fingerprint density at radius 1 is 0.581 bits per heavy atom. The number of anilines is 3.